The lowest BCUT2D eigenvalue weighted by atomic mass is 9.92. The van der Waals surface area contributed by atoms with Gasteiger partial charge in [0.2, 0.25) is 0 Å². The van der Waals surface area contributed by atoms with Gasteiger partial charge in [-0.15, -0.1) is 0 Å². The lowest BCUT2D eigenvalue weighted by molar-refractivity contribution is 0.0444. The van der Waals surface area contributed by atoms with Gasteiger partial charge < -0.3 is 10.0 Å². The van der Waals surface area contributed by atoms with Gasteiger partial charge in [-0.2, -0.15) is 0 Å². The highest BCUT2D eigenvalue weighted by molar-refractivity contribution is 4.79. The molecule has 0 aromatic rings. The molecule has 0 amide bonds. The highest BCUT2D eigenvalue weighted by Gasteiger charge is 2.25. The van der Waals surface area contributed by atoms with E-state index in [0.717, 1.165) is 32.4 Å². The average molecular weight is 213 g/mol. The molecular weight excluding hydrogens is 186 g/mol. The number of likely N-dealkylation sites (tertiary alicyclic amines) is 1. The molecule has 1 aliphatic heterocycles. The van der Waals surface area contributed by atoms with Crippen molar-refractivity contribution in [2.75, 3.05) is 19.6 Å². The van der Waals surface area contributed by atoms with E-state index >= 15 is 0 Å². The summed E-state index contributed by atoms with van der Waals surface area (Å²) in [6.07, 6.45) is 4.27. The number of hydrogen-bond donors (Lipinski definition) is 1. The molecule has 1 heterocycles. The number of aliphatic hydroxyl groups is 1. The molecule has 15 heavy (non-hydrogen) atoms. The molecule has 0 aliphatic carbocycles. The van der Waals surface area contributed by atoms with Crippen molar-refractivity contribution in [3.63, 3.8) is 0 Å². The zero-order valence-electron chi connectivity index (χ0n) is 10.8. The van der Waals surface area contributed by atoms with Gasteiger partial charge in [0, 0.05) is 6.54 Å². The van der Waals surface area contributed by atoms with Crippen molar-refractivity contribution < 1.29 is 5.11 Å². The maximum absolute atomic E-state index is 9.97. The van der Waals surface area contributed by atoms with E-state index < -0.39 is 5.60 Å². The second-order valence-corrected chi connectivity index (χ2v) is 6.50. The van der Waals surface area contributed by atoms with Gasteiger partial charge >= 0.3 is 0 Å². The quantitative estimate of drug-likeness (QED) is 0.762. The van der Waals surface area contributed by atoms with Crippen molar-refractivity contribution in [2.24, 2.45) is 5.41 Å². The van der Waals surface area contributed by atoms with Crippen LogP contribution in [-0.2, 0) is 0 Å². The molecule has 0 bridgehead atoms. The van der Waals surface area contributed by atoms with Gasteiger partial charge in [-0.3, -0.25) is 0 Å². The van der Waals surface area contributed by atoms with E-state index in [1.54, 1.807) is 0 Å². The summed E-state index contributed by atoms with van der Waals surface area (Å²) in [5, 5.41) is 9.97. The minimum Gasteiger partial charge on any atom is -0.390 e. The maximum atomic E-state index is 9.97. The minimum absolute atomic E-state index is 0.420. The highest BCUT2D eigenvalue weighted by atomic mass is 16.3. The summed E-state index contributed by atoms with van der Waals surface area (Å²) in [4.78, 5) is 2.51. The number of hydrogen-bond acceptors (Lipinski definition) is 2. The van der Waals surface area contributed by atoms with Crippen LogP contribution in [-0.4, -0.2) is 35.2 Å². The number of rotatable bonds is 2. The van der Waals surface area contributed by atoms with Crippen molar-refractivity contribution in [3.05, 3.63) is 0 Å². The molecule has 1 aliphatic rings. The predicted molar refractivity (Wildman–Crippen MR) is 65.0 cm³/mol. The first kappa shape index (κ1) is 13.0. The van der Waals surface area contributed by atoms with Gasteiger partial charge in [0.1, 0.15) is 0 Å². The summed E-state index contributed by atoms with van der Waals surface area (Å²) in [5.74, 6) is 0. The van der Waals surface area contributed by atoms with E-state index in [4.69, 9.17) is 0 Å². The van der Waals surface area contributed by atoms with Gasteiger partial charge in [-0.1, -0.05) is 20.8 Å². The Morgan fingerprint density at radius 2 is 1.87 bits per heavy atom. The van der Waals surface area contributed by atoms with Crippen molar-refractivity contribution in [2.45, 2.75) is 59.0 Å². The smallest absolute Gasteiger partial charge is 0.0632 e. The Hall–Kier alpha value is -0.0800. The van der Waals surface area contributed by atoms with Gasteiger partial charge in [0.05, 0.1) is 5.60 Å². The van der Waals surface area contributed by atoms with Crippen molar-refractivity contribution in [3.8, 4) is 0 Å². The molecule has 1 atom stereocenters. The van der Waals surface area contributed by atoms with E-state index in [1.807, 2.05) is 6.92 Å². The summed E-state index contributed by atoms with van der Waals surface area (Å²) < 4.78 is 0. The Labute approximate surface area is 94.7 Å². The Kier molecular flexibility index (Phi) is 4.19. The van der Waals surface area contributed by atoms with Crippen LogP contribution in [0.3, 0.4) is 0 Å². The second-order valence-electron chi connectivity index (χ2n) is 6.50. The van der Waals surface area contributed by atoms with Gasteiger partial charge in [-0.05, 0) is 51.1 Å². The molecule has 0 aromatic heterocycles. The monoisotopic (exact) mass is 213 g/mol. The molecule has 1 rings (SSSR count). The van der Waals surface area contributed by atoms with Crippen LogP contribution in [0.15, 0.2) is 0 Å². The molecule has 2 heteroatoms. The maximum Gasteiger partial charge on any atom is 0.0632 e. The molecular formula is C13H27NO. The van der Waals surface area contributed by atoms with E-state index in [1.165, 1.54) is 13.0 Å². The van der Waals surface area contributed by atoms with Crippen LogP contribution in [0.4, 0.5) is 0 Å². The minimum atomic E-state index is -0.420. The molecule has 1 saturated heterocycles. The van der Waals surface area contributed by atoms with Crippen LogP contribution >= 0.6 is 0 Å². The molecule has 0 aromatic carbocycles. The van der Waals surface area contributed by atoms with Crippen LogP contribution in [0.1, 0.15) is 53.4 Å². The lowest BCUT2D eigenvalue weighted by Gasteiger charge is -2.26. The van der Waals surface area contributed by atoms with Crippen LogP contribution in [0.2, 0.25) is 0 Å². The zero-order chi connectivity index (χ0) is 11.5. The summed E-state index contributed by atoms with van der Waals surface area (Å²) in [6, 6.07) is 0. The second kappa shape index (κ2) is 4.84. The van der Waals surface area contributed by atoms with Crippen LogP contribution in [0.5, 0.6) is 0 Å². The Morgan fingerprint density at radius 1 is 1.20 bits per heavy atom. The first-order valence-electron chi connectivity index (χ1n) is 6.23. The molecule has 0 spiro atoms. The summed E-state index contributed by atoms with van der Waals surface area (Å²) >= 11 is 0. The van der Waals surface area contributed by atoms with E-state index in [2.05, 4.69) is 25.7 Å². The predicted octanol–water partition coefficient (Wildman–Crippen LogP) is 2.66. The summed E-state index contributed by atoms with van der Waals surface area (Å²) in [5.41, 5.74) is 0.00526. The molecule has 90 valence electrons. The molecule has 2 nitrogen and oxygen atoms in total. The van der Waals surface area contributed by atoms with Gasteiger partial charge in [0.25, 0.3) is 0 Å². The SMILES string of the molecule is CC(C)(C)CCN1CCCC(C)(O)CC1. The van der Waals surface area contributed by atoms with E-state index in [-0.39, 0.29) is 0 Å². The van der Waals surface area contributed by atoms with Crippen molar-refractivity contribution in [1.29, 1.82) is 0 Å². The fourth-order valence-electron chi connectivity index (χ4n) is 2.04. The molecule has 0 radical (unpaired) electrons. The average Bonchev–Trinajstić information content (AvgIpc) is 2.22. The van der Waals surface area contributed by atoms with Crippen molar-refractivity contribution >= 4 is 0 Å². The first-order chi connectivity index (χ1) is 6.79. The molecule has 1 fully saturated rings. The van der Waals surface area contributed by atoms with Crippen LogP contribution in [0, 0.1) is 5.41 Å². The Morgan fingerprint density at radius 3 is 2.47 bits per heavy atom. The zero-order valence-corrected chi connectivity index (χ0v) is 10.8. The van der Waals surface area contributed by atoms with Crippen molar-refractivity contribution in [1.82, 2.24) is 4.90 Å². The Balaban J connectivity index is 2.32. The van der Waals surface area contributed by atoms with E-state index in [0.29, 0.717) is 5.41 Å². The normalized spacial score (nSPS) is 30.2. The summed E-state index contributed by atoms with van der Waals surface area (Å²) in [6.45, 7) is 12.2. The largest absolute Gasteiger partial charge is 0.390 e. The third-order valence-corrected chi connectivity index (χ3v) is 3.33. The highest BCUT2D eigenvalue weighted by Crippen LogP contribution is 2.23. The topological polar surface area (TPSA) is 23.5 Å². The third kappa shape index (κ3) is 5.53. The summed E-state index contributed by atoms with van der Waals surface area (Å²) in [7, 11) is 0. The molecule has 1 N–H and O–H groups in total. The fourth-order valence-corrected chi connectivity index (χ4v) is 2.04. The lowest BCUT2D eigenvalue weighted by Crippen LogP contribution is -2.30. The molecule has 1 unspecified atom stereocenters. The Bertz CT molecular complexity index is 193. The van der Waals surface area contributed by atoms with Gasteiger partial charge in [-0.25, -0.2) is 0 Å². The number of nitrogens with zero attached hydrogens (tertiary/aromatic N) is 1. The van der Waals surface area contributed by atoms with Crippen LogP contribution in [0.25, 0.3) is 0 Å². The van der Waals surface area contributed by atoms with Gasteiger partial charge in [0.15, 0.2) is 0 Å². The van der Waals surface area contributed by atoms with E-state index in [9.17, 15) is 5.11 Å². The first-order valence-corrected chi connectivity index (χ1v) is 6.23. The van der Waals surface area contributed by atoms with Crippen LogP contribution < -0.4 is 0 Å². The standard InChI is InChI=1S/C13H27NO/c1-12(2,3)7-10-14-9-5-6-13(4,15)8-11-14/h15H,5-11H2,1-4H3. The third-order valence-electron chi connectivity index (χ3n) is 3.33. The fraction of sp³-hybridized carbons (Fsp3) is 1.00. The molecule has 0 saturated carbocycles.